The Hall–Kier alpha value is -0.0451. The first kappa shape index (κ1) is 62.0. The van der Waals surface area contributed by atoms with Crippen molar-refractivity contribution in [1.82, 2.24) is 0 Å². The molecule has 6 heterocycles. The number of nitrogens with two attached hydrogens (primary N) is 3. The van der Waals surface area contributed by atoms with E-state index in [4.69, 9.17) is 91.1 Å². The van der Waals surface area contributed by atoms with Crippen LogP contribution >= 0.6 is 125 Å². The van der Waals surface area contributed by atoms with Gasteiger partial charge in [-0.2, -0.15) is 22.7 Å². The zero-order chi connectivity index (χ0) is 45.7. The van der Waals surface area contributed by atoms with Gasteiger partial charge in [-0.3, -0.25) is 4.79 Å². The third-order valence-electron chi connectivity index (χ3n) is 7.09. The van der Waals surface area contributed by atoms with E-state index in [2.05, 4.69) is 78.1 Å². The van der Waals surface area contributed by atoms with Crippen LogP contribution in [0.4, 0.5) is 0 Å². The summed E-state index contributed by atoms with van der Waals surface area (Å²) in [5, 5.41) is 37.0. The summed E-state index contributed by atoms with van der Waals surface area (Å²) in [5.41, 5.74) is 24.3. The minimum absolute atomic E-state index is 0.122. The molecule has 0 aliphatic carbocycles. The molecule has 0 saturated heterocycles. The molecule has 0 fully saturated rings. The van der Waals surface area contributed by atoms with Crippen LogP contribution in [0.1, 0.15) is 66.4 Å². The van der Waals surface area contributed by atoms with Gasteiger partial charge in [-0.25, -0.2) is 0 Å². The van der Waals surface area contributed by atoms with E-state index in [1.165, 1.54) is 37.2 Å². The molecule has 12 nitrogen and oxygen atoms in total. The molecule has 341 valence electrons. The number of hydrogen-bond acceptors (Lipinski definition) is 16. The molecule has 2 atom stereocenters. The zero-order valence-corrected chi connectivity index (χ0v) is 43.3. The van der Waals surface area contributed by atoms with Gasteiger partial charge < -0.3 is 51.5 Å². The molecule has 23 heteroatoms. The van der Waals surface area contributed by atoms with E-state index in [9.17, 15) is 0 Å². The predicted molar refractivity (Wildman–Crippen MR) is 265 cm³/mol. The number of fused-ring (bicyclic) bond motifs is 2. The Bertz CT molecular complexity index is 1590. The fourth-order valence-electron chi connectivity index (χ4n) is 4.63. The number of aliphatic hydroxyl groups excluding tert-OH is 2. The van der Waals surface area contributed by atoms with E-state index in [1.54, 1.807) is 45.3 Å². The average Bonchev–Trinajstić information content (AvgIpc) is 4.06. The Labute approximate surface area is 409 Å². The van der Waals surface area contributed by atoms with Gasteiger partial charge in [0.2, 0.25) is 0 Å². The van der Waals surface area contributed by atoms with E-state index in [1.807, 2.05) is 36.7 Å². The maximum absolute atomic E-state index is 9.00. The van der Waals surface area contributed by atoms with Crippen LogP contribution in [0.3, 0.4) is 0 Å². The molecule has 6 rings (SSSR count). The van der Waals surface area contributed by atoms with Crippen LogP contribution < -0.4 is 17.2 Å². The van der Waals surface area contributed by atoms with Gasteiger partial charge in [0.05, 0.1) is 33.0 Å². The van der Waals surface area contributed by atoms with E-state index >= 15 is 0 Å². The fraction of sp³-hybridized carbons (Fsp3) is 0.541. The van der Waals surface area contributed by atoms with Crippen LogP contribution in [0, 0.1) is 0 Å². The van der Waals surface area contributed by atoms with Gasteiger partial charge in [-0.05, 0) is 149 Å². The first-order valence-corrected chi connectivity index (χ1v) is 25.2. The monoisotopic (exact) mass is 1120 g/mol. The molecule has 4 aromatic heterocycles. The van der Waals surface area contributed by atoms with Crippen LogP contribution in [0.5, 0.6) is 0 Å². The Kier molecular flexibility index (Phi) is 43.1. The summed E-state index contributed by atoms with van der Waals surface area (Å²) in [6, 6.07) is 4.05. The molecule has 1 radical (unpaired) electrons. The Morgan fingerprint density at radius 3 is 1.90 bits per heavy atom. The standard InChI is InChI=1S/C8H10BrNOS.C8H11NOS.C6H7BrOS.C6H15NO2.C6H8OS.C2H4O2.CHCl3.BHNS/c9-8-5-1-2-11-7(3-10)6(5)4-12-8;9-3-8-7-5-11-4-6(7)1-2-10-8;7-6-5(1-3-8)2-4-9-6;1-3-8-6(5-7)9-4-2;7-3-1-6-2-4-8-5-6;1-2(3)4;2-1(3)4;1-2-3/h4,7H,1-3,10H2;4-5,8H,1-3,9H2;2,4,8H,1,3H2;6H,3-5,7H2,1-2H3;2,4-5,7H,1,3H2;1H3,(H,3,4);1H;3H. The van der Waals surface area contributed by atoms with Gasteiger partial charge >= 0.3 is 24.8 Å². The van der Waals surface area contributed by atoms with Crippen LogP contribution in [-0.2, 0) is 49.4 Å². The number of carboxylic acid groups (broad SMARTS) is 1. The second kappa shape index (κ2) is 41.6. The van der Waals surface area contributed by atoms with E-state index in [0.29, 0.717) is 32.8 Å². The number of carbonyl (C=O) groups is 1. The summed E-state index contributed by atoms with van der Waals surface area (Å²) in [4.78, 5) is 9.00. The first-order valence-electron chi connectivity index (χ1n) is 18.2. The Morgan fingerprint density at radius 1 is 0.900 bits per heavy atom. The molecular formula is C37H57BBr2Cl3N4O8S5. The van der Waals surface area contributed by atoms with E-state index in [-0.39, 0.29) is 31.7 Å². The first-order chi connectivity index (χ1) is 28.7. The summed E-state index contributed by atoms with van der Waals surface area (Å²) in [5.74, 6) is -0.833. The SMILES string of the molecule is CC(=O)O.CCOC(CN)OCC.ClC(Cl)Cl.NCC1OCCc2c1csc2Br.NCC1OCCc2cscc21.OCCc1ccsc1.OCCc1ccsc1Br.[B]=NS. The summed E-state index contributed by atoms with van der Waals surface area (Å²) in [7, 11) is 4.34. The van der Waals surface area contributed by atoms with E-state index in [0.717, 1.165) is 49.6 Å². The van der Waals surface area contributed by atoms with Crippen LogP contribution in [0.15, 0.2) is 56.3 Å². The molecule has 4 aromatic rings. The molecule has 2 unspecified atom stereocenters. The molecule has 9 N–H and O–H groups in total. The number of hydrogen-bond donors (Lipinski definition) is 7. The van der Waals surface area contributed by atoms with Crippen molar-refractivity contribution in [3.8, 4) is 0 Å². The van der Waals surface area contributed by atoms with Gasteiger partial charge in [-0.15, -0.1) is 22.7 Å². The summed E-state index contributed by atoms with van der Waals surface area (Å²) in [6.45, 7) is 9.95. The maximum atomic E-state index is 9.00. The van der Waals surface area contributed by atoms with Crippen molar-refractivity contribution >= 4 is 138 Å². The van der Waals surface area contributed by atoms with Crippen molar-refractivity contribution in [2.45, 2.75) is 69.2 Å². The van der Waals surface area contributed by atoms with Gasteiger partial charge in [0, 0.05) is 53.0 Å². The van der Waals surface area contributed by atoms with Gasteiger partial charge in [-0.1, -0.05) is 34.8 Å². The van der Waals surface area contributed by atoms with Crippen LogP contribution in [0.2, 0.25) is 0 Å². The van der Waals surface area contributed by atoms with Crippen LogP contribution in [0.25, 0.3) is 0 Å². The molecule has 2 aliphatic heterocycles. The number of nitrogens with zero attached hydrogens (tertiary/aromatic N) is 1. The van der Waals surface area contributed by atoms with Gasteiger partial charge in [0.25, 0.3) is 5.97 Å². The number of thiophene rings is 4. The van der Waals surface area contributed by atoms with Crippen molar-refractivity contribution in [2.24, 2.45) is 21.5 Å². The quantitative estimate of drug-likeness (QED) is 0.0326. The molecule has 0 spiro atoms. The second-order valence-corrected chi connectivity index (χ2v) is 19.4. The van der Waals surface area contributed by atoms with Crippen molar-refractivity contribution < 1.29 is 39.1 Å². The van der Waals surface area contributed by atoms with Crippen molar-refractivity contribution in [3.05, 3.63) is 85.4 Å². The van der Waals surface area contributed by atoms with Gasteiger partial charge in [0.1, 0.15) is 0 Å². The van der Waals surface area contributed by atoms with E-state index < -0.39 is 10.3 Å². The number of aliphatic hydroxyl groups is 2. The Balaban J connectivity index is 0. The molecule has 0 amide bonds. The van der Waals surface area contributed by atoms with Gasteiger partial charge in [0.15, 0.2) is 10.6 Å². The Morgan fingerprint density at radius 2 is 1.45 bits per heavy atom. The number of aliphatic carboxylic acids is 1. The second-order valence-electron chi connectivity index (χ2n) is 11.2. The zero-order valence-electron chi connectivity index (χ0n) is 33.7. The molecule has 60 heavy (non-hydrogen) atoms. The minimum atomic E-state index is -0.833. The number of ether oxygens (including phenoxy) is 4. The summed E-state index contributed by atoms with van der Waals surface area (Å²) < 4.78 is 25.5. The number of thiol groups is 1. The molecule has 0 saturated carbocycles. The molecular weight excluding hydrogens is 1070 g/mol. The molecule has 0 aromatic carbocycles. The number of rotatable bonds is 11. The number of alkyl halides is 3. The van der Waals surface area contributed by atoms with Crippen molar-refractivity contribution in [1.29, 1.82) is 0 Å². The van der Waals surface area contributed by atoms with Crippen molar-refractivity contribution in [3.63, 3.8) is 0 Å². The van der Waals surface area contributed by atoms with Crippen molar-refractivity contribution in [2.75, 3.05) is 59.3 Å². The number of halogens is 5. The summed E-state index contributed by atoms with van der Waals surface area (Å²) >= 11 is 31.3. The van der Waals surface area contributed by atoms with Crippen LogP contribution in [-0.4, -0.2) is 98.8 Å². The molecule has 0 bridgehead atoms. The normalized spacial score (nSPS) is 14.3. The third-order valence-corrected chi connectivity index (χ3v) is 12.3. The number of carboxylic acids is 1. The fourth-order valence-corrected chi connectivity index (χ4v) is 9.19. The summed E-state index contributed by atoms with van der Waals surface area (Å²) in [6.07, 6.45) is 3.68. The predicted octanol–water partition coefficient (Wildman–Crippen LogP) is 9.34. The third kappa shape index (κ3) is 30.9. The average molecular weight is 1120 g/mol. The topological polar surface area (TPSA) is 205 Å². The molecule has 2 aliphatic rings.